The smallest absolute Gasteiger partial charge is 0.396 e. The molecule has 0 unspecified atom stereocenters. The third-order valence-electron chi connectivity index (χ3n) is 0.964. The molecule has 2 nitrogen and oxygen atoms in total. The number of hydrogen-bond donors (Lipinski definition) is 0. The van der Waals surface area contributed by atoms with E-state index < -0.39 is 24.2 Å². The third kappa shape index (κ3) is 2.26. The monoisotopic (exact) mass is 227 g/mol. The van der Waals surface area contributed by atoms with Crippen molar-refractivity contribution in [3.8, 4) is 0 Å². The minimum Gasteiger partial charge on any atom is -0.396 e. The van der Waals surface area contributed by atoms with Crippen LogP contribution < -0.4 is 0 Å². The summed E-state index contributed by atoms with van der Waals surface area (Å²) in [6.07, 6.45) is -12.5. The number of esters is 1. The topological polar surface area (TPSA) is 26.3 Å². The van der Waals surface area contributed by atoms with E-state index >= 15 is 0 Å². The second-order valence-electron chi connectivity index (χ2n) is 2.06. The van der Waals surface area contributed by atoms with E-state index in [4.69, 9.17) is 0 Å². The van der Waals surface area contributed by atoms with Gasteiger partial charge in [0.05, 0.1) is 6.92 Å². The number of hydrogen-bond acceptors (Lipinski definition) is 2. The maximum Gasteiger partial charge on any atom is 0.476 e. The summed E-state index contributed by atoms with van der Waals surface area (Å²) < 4.78 is 84.3. The molecule has 0 atom stereocenters. The molecule has 0 aromatic heterocycles. The molecule has 0 N–H and O–H groups in total. The first-order valence-corrected chi connectivity index (χ1v) is 2.79. The predicted octanol–water partition coefficient (Wildman–Crippen LogP) is 2.15. The molecule has 0 saturated carbocycles. The van der Waals surface area contributed by atoms with E-state index in [1.807, 2.05) is 0 Å². The van der Waals surface area contributed by atoms with Crippen LogP contribution in [0.3, 0.4) is 0 Å². The maximum atomic E-state index is 12.0. The molecule has 0 amide bonds. The SMILES string of the molecule is [CH2]C(=O)OC(F)(F)C(F)(F)C(F)(F)F. The molecule has 1 radical (unpaired) electrons. The highest BCUT2D eigenvalue weighted by atomic mass is 19.4. The van der Waals surface area contributed by atoms with Gasteiger partial charge in [-0.05, 0) is 0 Å². The van der Waals surface area contributed by atoms with Crippen molar-refractivity contribution >= 4 is 5.97 Å². The van der Waals surface area contributed by atoms with Gasteiger partial charge in [-0.2, -0.15) is 30.7 Å². The first-order chi connectivity index (χ1) is 5.92. The van der Waals surface area contributed by atoms with Gasteiger partial charge in [-0.1, -0.05) is 0 Å². The first-order valence-electron chi connectivity index (χ1n) is 2.79. The number of carbonyl (C=O) groups excluding carboxylic acids is 1. The summed E-state index contributed by atoms with van der Waals surface area (Å²) in [6, 6.07) is 0. The zero-order valence-corrected chi connectivity index (χ0v) is 6.17. The van der Waals surface area contributed by atoms with Crippen LogP contribution >= 0.6 is 0 Å². The van der Waals surface area contributed by atoms with Crippen molar-refractivity contribution in [2.45, 2.75) is 18.2 Å². The molecule has 0 spiro atoms. The van der Waals surface area contributed by atoms with E-state index in [9.17, 15) is 35.5 Å². The average Bonchev–Trinajstić information content (AvgIpc) is 1.80. The van der Waals surface area contributed by atoms with Crippen LogP contribution in [-0.2, 0) is 9.53 Å². The molecule has 83 valence electrons. The fourth-order valence-corrected chi connectivity index (χ4v) is 0.372. The lowest BCUT2D eigenvalue weighted by Gasteiger charge is -2.26. The van der Waals surface area contributed by atoms with E-state index in [1.54, 1.807) is 0 Å². The van der Waals surface area contributed by atoms with E-state index in [0.717, 1.165) is 0 Å². The van der Waals surface area contributed by atoms with Crippen molar-refractivity contribution in [1.82, 2.24) is 0 Å². The molecule has 0 aliphatic carbocycles. The lowest BCUT2D eigenvalue weighted by molar-refractivity contribution is -0.411. The van der Waals surface area contributed by atoms with Gasteiger partial charge in [0.25, 0.3) is 0 Å². The minimum absolute atomic E-state index is 2.08. The first kappa shape index (κ1) is 13.0. The number of carbonyl (C=O) groups is 1. The van der Waals surface area contributed by atoms with Gasteiger partial charge in [0.2, 0.25) is 0 Å². The van der Waals surface area contributed by atoms with Gasteiger partial charge in [0, 0.05) is 0 Å². The van der Waals surface area contributed by atoms with E-state index in [-0.39, 0.29) is 0 Å². The quantitative estimate of drug-likeness (QED) is 0.533. The van der Waals surface area contributed by atoms with Gasteiger partial charge in [-0.15, -0.1) is 0 Å². The molecule has 0 aromatic rings. The van der Waals surface area contributed by atoms with Gasteiger partial charge in [0.15, 0.2) is 0 Å². The highest BCUT2D eigenvalue weighted by Gasteiger charge is 2.76. The van der Waals surface area contributed by atoms with Crippen LogP contribution in [0.5, 0.6) is 0 Å². The van der Waals surface area contributed by atoms with E-state index in [0.29, 0.717) is 0 Å². The third-order valence-corrected chi connectivity index (χ3v) is 0.964. The number of ether oxygens (including phenoxy) is 1. The van der Waals surface area contributed by atoms with Crippen LogP contribution in [0.25, 0.3) is 0 Å². The Morgan fingerprint density at radius 1 is 1.00 bits per heavy atom. The lowest BCUT2D eigenvalue weighted by atomic mass is 10.3. The van der Waals surface area contributed by atoms with Crippen molar-refractivity contribution < 1.29 is 40.3 Å². The molecule has 0 aliphatic heterocycles. The van der Waals surface area contributed by atoms with Crippen molar-refractivity contribution in [2.24, 2.45) is 0 Å². The molecule has 14 heavy (non-hydrogen) atoms. The largest absolute Gasteiger partial charge is 0.476 e. The standard InChI is InChI=1S/C5H2F7O2/c1-2(13)14-5(11,12)3(6,7)4(8,9)10/h1H2. The van der Waals surface area contributed by atoms with E-state index in [1.165, 1.54) is 0 Å². The zero-order valence-electron chi connectivity index (χ0n) is 6.17. The molecule has 9 heteroatoms. The van der Waals surface area contributed by atoms with Crippen LogP contribution in [0.1, 0.15) is 0 Å². The Kier molecular flexibility index (Phi) is 3.04. The molecule has 0 fully saturated rings. The second-order valence-corrected chi connectivity index (χ2v) is 2.06. The Hall–Kier alpha value is -1.02. The minimum atomic E-state index is -6.52. The fraction of sp³-hybridized carbons (Fsp3) is 0.600. The van der Waals surface area contributed by atoms with Gasteiger partial charge in [0.1, 0.15) is 0 Å². The Morgan fingerprint density at radius 3 is 1.57 bits per heavy atom. The van der Waals surface area contributed by atoms with Gasteiger partial charge >= 0.3 is 24.2 Å². The van der Waals surface area contributed by atoms with Gasteiger partial charge in [-0.25, -0.2) is 0 Å². The molecule has 0 aliphatic rings. The second kappa shape index (κ2) is 3.28. The fourth-order valence-electron chi connectivity index (χ4n) is 0.372. The highest BCUT2D eigenvalue weighted by Crippen LogP contribution is 2.46. The zero-order chi connectivity index (χ0) is 11.8. The predicted molar refractivity (Wildman–Crippen MR) is 27.4 cm³/mol. The average molecular weight is 227 g/mol. The van der Waals surface area contributed by atoms with Crippen LogP contribution in [0.4, 0.5) is 30.7 Å². The normalized spacial score (nSPS) is 14.0. The Bertz CT molecular complexity index is 231. The van der Waals surface area contributed by atoms with Crippen molar-refractivity contribution in [1.29, 1.82) is 0 Å². The molecule has 0 rings (SSSR count). The lowest BCUT2D eigenvalue weighted by Crippen LogP contribution is -2.53. The number of halogens is 7. The summed E-state index contributed by atoms with van der Waals surface area (Å²) >= 11 is 0. The number of alkyl halides is 7. The maximum absolute atomic E-state index is 12.0. The van der Waals surface area contributed by atoms with E-state index in [2.05, 4.69) is 11.7 Å². The van der Waals surface area contributed by atoms with Gasteiger partial charge < -0.3 is 4.74 Å². The highest BCUT2D eigenvalue weighted by molar-refractivity contribution is 5.74. The summed E-state index contributed by atoms with van der Waals surface area (Å²) in [5.41, 5.74) is 0. The molecule has 0 bridgehead atoms. The Balaban J connectivity index is 4.97. The van der Waals surface area contributed by atoms with Crippen LogP contribution in [0.2, 0.25) is 0 Å². The summed E-state index contributed by atoms with van der Waals surface area (Å²) in [7, 11) is 0. The molecular weight excluding hydrogens is 225 g/mol. The summed E-state index contributed by atoms with van der Waals surface area (Å²) in [5.74, 6) is -8.65. The number of rotatable bonds is 2. The van der Waals surface area contributed by atoms with Crippen molar-refractivity contribution in [2.75, 3.05) is 0 Å². The van der Waals surface area contributed by atoms with Crippen molar-refractivity contribution in [3.63, 3.8) is 0 Å². The molecule has 0 aromatic carbocycles. The summed E-state index contributed by atoms with van der Waals surface area (Å²) in [5, 5.41) is 0. The van der Waals surface area contributed by atoms with Crippen LogP contribution in [0.15, 0.2) is 0 Å². The molecular formula is C5H2F7O2. The molecule has 0 heterocycles. The van der Waals surface area contributed by atoms with Gasteiger partial charge in [-0.3, -0.25) is 4.79 Å². The van der Waals surface area contributed by atoms with Crippen molar-refractivity contribution in [3.05, 3.63) is 6.92 Å². The summed E-state index contributed by atoms with van der Waals surface area (Å²) in [4.78, 5) is 9.72. The Labute approximate surface area is 72.6 Å². The Morgan fingerprint density at radius 2 is 1.36 bits per heavy atom. The van der Waals surface area contributed by atoms with Crippen LogP contribution in [0, 0.1) is 6.92 Å². The summed E-state index contributed by atoms with van der Waals surface area (Å²) in [6.45, 7) is 2.08. The van der Waals surface area contributed by atoms with Crippen LogP contribution in [-0.4, -0.2) is 24.2 Å². The molecule has 0 saturated heterocycles.